The molecule has 1 aliphatic rings. The summed E-state index contributed by atoms with van der Waals surface area (Å²) >= 11 is 1.52. The van der Waals surface area contributed by atoms with E-state index in [2.05, 4.69) is 10.3 Å². The maximum Gasteiger partial charge on any atom is 0.303 e. The lowest BCUT2D eigenvalue weighted by molar-refractivity contribution is -0.137. The molecule has 0 spiro atoms. The van der Waals surface area contributed by atoms with Gasteiger partial charge in [-0.25, -0.2) is 4.98 Å². The zero-order chi connectivity index (χ0) is 13.9. The van der Waals surface area contributed by atoms with E-state index < -0.39 is 5.97 Å². The van der Waals surface area contributed by atoms with Crippen molar-refractivity contribution in [2.75, 3.05) is 0 Å². The quantitative estimate of drug-likeness (QED) is 0.866. The molecule has 1 amide bonds. The van der Waals surface area contributed by atoms with Crippen molar-refractivity contribution in [3.63, 3.8) is 0 Å². The van der Waals surface area contributed by atoms with E-state index in [4.69, 9.17) is 5.11 Å². The first kappa shape index (κ1) is 14.0. The van der Waals surface area contributed by atoms with Crippen molar-refractivity contribution in [1.82, 2.24) is 10.3 Å². The number of aryl methyl sites for hydroxylation is 1. The lowest BCUT2D eigenvalue weighted by atomic mass is 9.98. The summed E-state index contributed by atoms with van der Waals surface area (Å²) in [6.45, 7) is 1.53. The van der Waals surface area contributed by atoms with Gasteiger partial charge >= 0.3 is 5.97 Å². The lowest BCUT2D eigenvalue weighted by Crippen LogP contribution is -2.42. The molecule has 0 unspecified atom stereocenters. The van der Waals surface area contributed by atoms with E-state index in [1.165, 1.54) is 18.3 Å². The molecule has 1 aliphatic carbocycles. The number of carbonyl (C=O) groups is 2. The minimum Gasteiger partial charge on any atom is -0.481 e. The fourth-order valence-electron chi connectivity index (χ4n) is 2.58. The summed E-state index contributed by atoms with van der Waals surface area (Å²) in [6, 6.07) is 0. The summed E-state index contributed by atoms with van der Waals surface area (Å²) in [5.74, 6) is -0.837. The van der Waals surface area contributed by atoms with Crippen LogP contribution in [0.3, 0.4) is 0 Å². The van der Waals surface area contributed by atoms with Gasteiger partial charge in [-0.05, 0) is 19.3 Å². The average molecular weight is 282 g/mol. The highest BCUT2D eigenvalue weighted by Crippen LogP contribution is 2.40. The van der Waals surface area contributed by atoms with Crippen LogP contribution in [0, 0.1) is 0 Å². The minimum atomic E-state index is -0.799. The Balaban J connectivity index is 2.14. The summed E-state index contributed by atoms with van der Waals surface area (Å²) in [4.78, 5) is 27.3. The molecule has 1 fully saturated rings. The van der Waals surface area contributed by atoms with Crippen LogP contribution in [-0.2, 0) is 21.5 Å². The number of nitrogens with one attached hydrogen (secondary N) is 1. The lowest BCUT2D eigenvalue weighted by Gasteiger charge is -2.27. The van der Waals surface area contributed by atoms with Gasteiger partial charge < -0.3 is 10.4 Å². The number of aromatic nitrogens is 1. The molecule has 2 rings (SSSR count). The number of hydrogen-bond acceptors (Lipinski definition) is 4. The molecule has 0 saturated heterocycles. The third-order valence-electron chi connectivity index (χ3n) is 3.42. The molecule has 104 valence electrons. The van der Waals surface area contributed by atoms with Crippen LogP contribution in [0.1, 0.15) is 48.9 Å². The van der Waals surface area contributed by atoms with Crippen molar-refractivity contribution in [3.05, 3.63) is 16.1 Å². The van der Waals surface area contributed by atoms with Crippen molar-refractivity contribution in [3.8, 4) is 0 Å². The van der Waals surface area contributed by atoms with Crippen molar-refractivity contribution in [1.29, 1.82) is 0 Å². The summed E-state index contributed by atoms with van der Waals surface area (Å²) in [7, 11) is 0. The topological polar surface area (TPSA) is 79.3 Å². The summed E-state index contributed by atoms with van der Waals surface area (Å²) in [5, 5.41) is 12.6. The smallest absolute Gasteiger partial charge is 0.303 e. The number of nitrogens with zero attached hydrogens (tertiary/aromatic N) is 1. The Kier molecular flexibility index (Phi) is 4.19. The number of hydrogen-bond donors (Lipinski definition) is 2. The van der Waals surface area contributed by atoms with E-state index in [0.717, 1.165) is 35.6 Å². The van der Waals surface area contributed by atoms with Gasteiger partial charge in [-0.2, -0.15) is 0 Å². The Bertz CT molecular complexity index is 478. The molecule has 0 aliphatic heterocycles. The molecule has 5 nitrogen and oxygen atoms in total. The van der Waals surface area contributed by atoms with E-state index in [-0.39, 0.29) is 17.9 Å². The molecule has 1 aromatic heterocycles. The van der Waals surface area contributed by atoms with Gasteiger partial charge in [0.1, 0.15) is 5.01 Å². The number of rotatable bonds is 5. The van der Waals surface area contributed by atoms with Crippen LogP contribution in [0.15, 0.2) is 6.20 Å². The van der Waals surface area contributed by atoms with Gasteiger partial charge in [0, 0.05) is 18.0 Å². The second kappa shape index (κ2) is 5.69. The predicted molar refractivity (Wildman–Crippen MR) is 72.0 cm³/mol. The van der Waals surface area contributed by atoms with Gasteiger partial charge in [0.15, 0.2) is 0 Å². The normalized spacial score (nSPS) is 17.3. The van der Waals surface area contributed by atoms with Gasteiger partial charge in [-0.15, -0.1) is 11.3 Å². The van der Waals surface area contributed by atoms with Crippen LogP contribution in [0.4, 0.5) is 0 Å². The first-order chi connectivity index (χ1) is 9.02. The number of aliphatic carboxylic acids is 1. The van der Waals surface area contributed by atoms with Crippen molar-refractivity contribution < 1.29 is 14.7 Å². The molecule has 0 radical (unpaired) electrons. The van der Waals surface area contributed by atoms with Crippen LogP contribution >= 0.6 is 11.3 Å². The van der Waals surface area contributed by atoms with E-state index in [1.54, 1.807) is 6.20 Å². The molecule has 1 saturated carbocycles. The molecule has 0 aromatic carbocycles. The fourth-order valence-corrected chi connectivity index (χ4v) is 3.70. The predicted octanol–water partition coefficient (Wildman–Crippen LogP) is 2.07. The Labute approximate surface area is 116 Å². The number of amides is 1. The Morgan fingerprint density at radius 3 is 2.74 bits per heavy atom. The molecule has 0 atom stereocenters. The first-order valence-electron chi connectivity index (χ1n) is 6.47. The van der Waals surface area contributed by atoms with Crippen LogP contribution in [0.25, 0.3) is 0 Å². The maximum absolute atomic E-state index is 11.4. The molecule has 6 heteroatoms. The van der Waals surface area contributed by atoms with Gasteiger partial charge in [-0.3, -0.25) is 9.59 Å². The van der Waals surface area contributed by atoms with Gasteiger partial charge in [0.2, 0.25) is 5.91 Å². The van der Waals surface area contributed by atoms with Crippen LogP contribution < -0.4 is 5.32 Å². The van der Waals surface area contributed by atoms with Crippen LogP contribution in [-0.4, -0.2) is 22.0 Å². The number of carbonyl (C=O) groups excluding carboxylic acids is 1. The Hall–Kier alpha value is -1.43. The van der Waals surface area contributed by atoms with Crippen LogP contribution in [0.5, 0.6) is 0 Å². The number of carboxylic acids is 1. The molecule has 2 N–H and O–H groups in total. The standard InChI is InChI=1S/C13H18N2O3S/c1-9(16)15-13(6-2-3-7-13)12-14-8-10(19-12)4-5-11(17)18/h8H,2-7H2,1H3,(H,15,16)(H,17,18). The highest BCUT2D eigenvalue weighted by atomic mass is 32.1. The second-order valence-electron chi connectivity index (χ2n) is 5.00. The van der Waals surface area contributed by atoms with Crippen molar-refractivity contribution in [2.24, 2.45) is 0 Å². The molecule has 0 bridgehead atoms. The summed E-state index contributed by atoms with van der Waals surface area (Å²) in [5.41, 5.74) is -0.321. The molecular weight excluding hydrogens is 264 g/mol. The molecule has 19 heavy (non-hydrogen) atoms. The fraction of sp³-hybridized carbons (Fsp3) is 0.615. The third kappa shape index (κ3) is 3.32. The maximum atomic E-state index is 11.4. The van der Waals surface area contributed by atoms with Crippen molar-refractivity contribution >= 4 is 23.2 Å². The monoisotopic (exact) mass is 282 g/mol. The largest absolute Gasteiger partial charge is 0.481 e. The highest BCUT2D eigenvalue weighted by molar-refractivity contribution is 7.11. The van der Waals surface area contributed by atoms with Gasteiger partial charge in [0.25, 0.3) is 0 Å². The zero-order valence-corrected chi connectivity index (χ0v) is 11.8. The van der Waals surface area contributed by atoms with Gasteiger partial charge in [-0.1, -0.05) is 12.8 Å². The average Bonchev–Trinajstić information content (AvgIpc) is 2.94. The number of thiazole rings is 1. The van der Waals surface area contributed by atoms with E-state index in [0.29, 0.717) is 6.42 Å². The Morgan fingerprint density at radius 2 is 2.16 bits per heavy atom. The minimum absolute atomic E-state index is 0.0378. The zero-order valence-electron chi connectivity index (χ0n) is 10.9. The molecule has 1 aromatic rings. The van der Waals surface area contributed by atoms with E-state index in [1.807, 2.05) is 0 Å². The van der Waals surface area contributed by atoms with E-state index >= 15 is 0 Å². The second-order valence-corrected chi connectivity index (χ2v) is 6.11. The summed E-state index contributed by atoms with van der Waals surface area (Å²) in [6.07, 6.45) is 6.37. The number of carboxylic acid groups (broad SMARTS) is 1. The van der Waals surface area contributed by atoms with Gasteiger partial charge in [0.05, 0.1) is 12.0 Å². The summed E-state index contributed by atoms with van der Waals surface area (Å²) < 4.78 is 0. The SMILES string of the molecule is CC(=O)NC1(c2ncc(CCC(=O)O)s2)CCCC1. The first-order valence-corrected chi connectivity index (χ1v) is 7.29. The molecule has 1 heterocycles. The van der Waals surface area contributed by atoms with E-state index in [9.17, 15) is 9.59 Å². The van der Waals surface area contributed by atoms with Crippen LogP contribution in [0.2, 0.25) is 0 Å². The molecular formula is C13H18N2O3S. The third-order valence-corrected chi connectivity index (χ3v) is 4.68. The Morgan fingerprint density at radius 1 is 1.47 bits per heavy atom. The highest BCUT2D eigenvalue weighted by Gasteiger charge is 2.38. The van der Waals surface area contributed by atoms with Crippen molar-refractivity contribution in [2.45, 2.75) is 51.0 Å².